The van der Waals surface area contributed by atoms with E-state index in [9.17, 15) is 0 Å². The molecule has 1 N–H and O–H groups in total. The summed E-state index contributed by atoms with van der Waals surface area (Å²) in [6.07, 6.45) is 1.16. The van der Waals surface area contributed by atoms with Crippen LogP contribution >= 0.6 is 0 Å². The predicted octanol–water partition coefficient (Wildman–Crippen LogP) is 2.21. The highest BCUT2D eigenvalue weighted by atomic mass is 15.1. The summed E-state index contributed by atoms with van der Waals surface area (Å²) in [5.74, 6) is 0. The molecule has 16 heavy (non-hydrogen) atoms. The molecule has 2 heteroatoms. The standard InChI is InChI=1S/C14H22N2/c1-11(2)16(3)10-14-13-7-5-4-6-12(13)8-9-15-14/h4-7,11,14-15H,8-10H2,1-3H3. The Bertz CT molecular complexity index is 346. The van der Waals surface area contributed by atoms with Crippen molar-refractivity contribution in [2.24, 2.45) is 0 Å². The Labute approximate surface area is 98.7 Å². The summed E-state index contributed by atoms with van der Waals surface area (Å²) in [6, 6.07) is 9.92. The van der Waals surface area contributed by atoms with Gasteiger partial charge in [0.1, 0.15) is 0 Å². The van der Waals surface area contributed by atoms with Crippen LogP contribution in [0.3, 0.4) is 0 Å². The molecule has 2 nitrogen and oxygen atoms in total. The van der Waals surface area contributed by atoms with Crippen LogP contribution in [0.5, 0.6) is 0 Å². The number of likely N-dealkylation sites (N-methyl/N-ethyl adjacent to an activating group) is 1. The number of rotatable bonds is 3. The van der Waals surface area contributed by atoms with Gasteiger partial charge >= 0.3 is 0 Å². The van der Waals surface area contributed by atoms with Crippen LogP contribution < -0.4 is 5.32 Å². The lowest BCUT2D eigenvalue weighted by molar-refractivity contribution is 0.239. The van der Waals surface area contributed by atoms with Gasteiger partial charge in [0.2, 0.25) is 0 Å². The second-order valence-electron chi connectivity index (χ2n) is 4.99. The van der Waals surface area contributed by atoms with Gasteiger partial charge in [0.25, 0.3) is 0 Å². The number of fused-ring (bicyclic) bond motifs is 1. The van der Waals surface area contributed by atoms with E-state index in [0.717, 1.165) is 19.5 Å². The number of hydrogen-bond donors (Lipinski definition) is 1. The van der Waals surface area contributed by atoms with Gasteiger partial charge in [-0.2, -0.15) is 0 Å². The highest BCUT2D eigenvalue weighted by molar-refractivity contribution is 5.32. The lowest BCUT2D eigenvalue weighted by Crippen LogP contribution is -2.39. The van der Waals surface area contributed by atoms with Crippen molar-refractivity contribution in [1.82, 2.24) is 10.2 Å². The maximum absolute atomic E-state index is 3.62. The van der Waals surface area contributed by atoms with Gasteiger partial charge in [-0.05, 0) is 45.0 Å². The lowest BCUT2D eigenvalue weighted by Gasteiger charge is -2.32. The molecule has 88 valence electrons. The molecule has 1 atom stereocenters. The summed E-state index contributed by atoms with van der Waals surface area (Å²) in [4.78, 5) is 2.40. The van der Waals surface area contributed by atoms with E-state index >= 15 is 0 Å². The van der Waals surface area contributed by atoms with Crippen LogP contribution in [0.1, 0.15) is 31.0 Å². The van der Waals surface area contributed by atoms with Gasteiger partial charge in [-0.25, -0.2) is 0 Å². The fraction of sp³-hybridized carbons (Fsp3) is 0.571. The molecule has 0 radical (unpaired) electrons. The summed E-state index contributed by atoms with van der Waals surface area (Å²) >= 11 is 0. The van der Waals surface area contributed by atoms with Crippen LogP contribution in [0, 0.1) is 0 Å². The van der Waals surface area contributed by atoms with Crippen molar-refractivity contribution >= 4 is 0 Å². The molecule has 1 aliphatic heterocycles. The van der Waals surface area contributed by atoms with Crippen molar-refractivity contribution in [1.29, 1.82) is 0 Å². The van der Waals surface area contributed by atoms with Crippen LogP contribution in [0.15, 0.2) is 24.3 Å². The lowest BCUT2D eigenvalue weighted by atomic mass is 9.94. The molecule has 1 aliphatic rings. The minimum Gasteiger partial charge on any atom is -0.309 e. The molecule has 0 spiro atoms. The molecule has 1 aromatic rings. The Morgan fingerprint density at radius 3 is 2.88 bits per heavy atom. The maximum Gasteiger partial charge on any atom is 0.0452 e. The predicted molar refractivity (Wildman–Crippen MR) is 68.7 cm³/mol. The van der Waals surface area contributed by atoms with E-state index in [0.29, 0.717) is 12.1 Å². The van der Waals surface area contributed by atoms with E-state index < -0.39 is 0 Å². The molecule has 0 aromatic heterocycles. The molecule has 0 aliphatic carbocycles. The van der Waals surface area contributed by atoms with Crippen molar-refractivity contribution in [2.45, 2.75) is 32.4 Å². The van der Waals surface area contributed by atoms with Crippen molar-refractivity contribution in [3.8, 4) is 0 Å². The van der Waals surface area contributed by atoms with E-state index in [1.54, 1.807) is 0 Å². The first kappa shape index (κ1) is 11.6. The molecule has 0 saturated heterocycles. The Morgan fingerprint density at radius 1 is 1.38 bits per heavy atom. The van der Waals surface area contributed by atoms with Gasteiger partial charge in [0.15, 0.2) is 0 Å². The molecular formula is C14H22N2. The monoisotopic (exact) mass is 218 g/mol. The normalized spacial score (nSPS) is 20.2. The van der Waals surface area contributed by atoms with E-state index in [-0.39, 0.29) is 0 Å². The average Bonchev–Trinajstić information content (AvgIpc) is 2.29. The van der Waals surface area contributed by atoms with Gasteiger partial charge in [-0.15, -0.1) is 0 Å². The molecule has 1 heterocycles. The SMILES string of the molecule is CC(C)N(C)CC1NCCc2ccccc21. The quantitative estimate of drug-likeness (QED) is 0.837. The first-order valence-corrected chi connectivity index (χ1v) is 6.20. The van der Waals surface area contributed by atoms with Crippen LogP contribution in [-0.4, -0.2) is 31.1 Å². The second kappa shape index (κ2) is 4.98. The van der Waals surface area contributed by atoms with E-state index in [4.69, 9.17) is 0 Å². The van der Waals surface area contributed by atoms with Gasteiger partial charge in [0, 0.05) is 18.6 Å². The molecule has 0 fully saturated rings. The minimum atomic E-state index is 0.498. The Hall–Kier alpha value is -0.860. The van der Waals surface area contributed by atoms with E-state index in [2.05, 4.69) is 55.4 Å². The molecule has 0 saturated carbocycles. The molecule has 2 rings (SSSR count). The summed E-state index contributed by atoms with van der Waals surface area (Å²) < 4.78 is 0. The maximum atomic E-state index is 3.62. The first-order valence-electron chi connectivity index (χ1n) is 6.20. The zero-order valence-corrected chi connectivity index (χ0v) is 10.5. The third-order valence-corrected chi connectivity index (χ3v) is 3.57. The molecule has 0 amide bonds. The summed E-state index contributed by atoms with van der Waals surface area (Å²) in [5, 5.41) is 3.62. The number of nitrogens with one attached hydrogen (secondary N) is 1. The highest BCUT2D eigenvalue weighted by Crippen LogP contribution is 2.23. The second-order valence-corrected chi connectivity index (χ2v) is 4.99. The van der Waals surface area contributed by atoms with Gasteiger partial charge in [-0.1, -0.05) is 24.3 Å². The summed E-state index contributed by atoms with van der Waals surface area (Å²) in [7, 11) is 2.20. The zero-order valence-electron chi connectivity index (χ0n) is 10.5. The molecular weight excluding hydrogens is 196 g/mol. The van der Waals surface area contributed by atoms with E-state index in [1.165, 1.54) is 11.1 Å². The molecule has 1 aromatic carbocycles. The highest BCUT2D eigenvalue weighted by Gasteiger charge is 2.20. The van der Waals surface area contributed by atoms with Gasteiger partial charge < -0.3 is 10.2 Å². The fourth-order valence-electron chi connectivity index (χ4n) is 2.25. The third kappa shape index (κ3) is 2.45. The van der Waals surface area contributed by atoms with Crippen LogP contribution in [0.25, 0.3) is 0 Å². The largest absolute Gasteiger partial charge is 0.309 e. The smallest absolute Gasteiger partial charge is 0.0452 e. The van der Waals surface area contributed by atoms with Gasteiger partial charge in [0.05, 0.1) is 0 Å². The molecule has 0 bridgehead atoms. The Balaban J connectivity index is 2.13. The number of hydrogen-bond acceptors (Lipinski definition) is 2. The number of benzene rings is 1. The Morgan fingerprint density at radius 2 is 2.12 bits per heavy atom. The minimum absolute atomic E-state index is 0.498. The van der Waals surface area contributed by atoms with Crippen molar-refractivity contribution in [2.75, 3.05) is 20.1 Å². The number of nitrogens with zero attached hydrogens (tertiary/aromatic N) is 1. The average molecular weight is 218 g/mol. The van der Waals surface area contributed by atoms with Crippen LogP contribution in [0.2, 0.25) is 0 Å². The Kier molecular flexibility index (Phi) is 3.62. The van der Waals surface area contributed by atoms with E-state index in [1.807, 2.05) is 0 Å². The fourth-order valence-corrected chi connectivity index (χ4v) is 2.25. The van der Waals surface area contributed by atoms with Crippen LogP contribution in [0.4, 0.5) is 0 Å². The van der Waals surface area contributed by atoms with Crippen molar-refractivity contribution in [3.05, 3.63) is 35.4 Å². The topological polar surface area (TPSA) is 15.3 Å². The van der Waals surface area contributed by atoms with Crippen molar-refractivity contribution in [3.63, 3.8) is 0 Å². The molecule has 1 unspecified atom stereocenters. The summed E-state index contributed by atoms with van der Waals surface area (Å²) in [5.41, 5.74) is 3.00. The zero-order chi connectivity index (χ0) is 11.5. The third-order valence-electron chi connectivity index (χ3n) is 3.57. The van der Waals surface area contributed by atoms with Gasteiger partial charge in [-0.3, -0.25) is 0 Å². The van der Waals surface area contributed by atoms with Crippen LogP contribution in [-0.2, 0) is 6.42 Å². The summed E-state index contributed by atoms with van der Waals surface area (Å²) in [6.45, 7) is 6.69. The van der Waals surface area contributed by atoms with Crippen molar-refractivity contribution < 1.29 is 0 Å². The first-order chi connectivity index (χ1) is 7.68.